The number of carbonyl (C=O) groups is 1. The molecule has 1 amide bonds. The van der Waals surface area contributed by atoms with Crippen LogP contribution in [0.1, 0.15) is 36.2 Å². The van der Waals surface area contributed by atoms with Crippen molar-refractivity contribution in [2.45, 2.75) is 31.7 Å². The molecule has 3 rings (SSSR count). The van der Waals surface area contributed by atoms with Gasteiger partial charge in [0.05, 0.1) is 5.02 Å². The van der Waals surface area contributed by atoms with Crippen LogP contribution in [-0.4, -0.2) is 52.9 Å². The van der Waals surface area contributed by atoms with Crippen LogP contribution in [0.5, 0.6) is 0 Å². The molecule has 0 radical (unpaired) electrons. The summed E-state index contributed by atoms with van der Waals surface area (Å²) >= 11 is 5.87. The van der Waals surface area contributed by atoms with E-state index in [9.17, 15) is 4.79 Å². The van der Waals surface area contributed by atoms with E-state index in [0.29, 0.717) is 16.8 Å². The zero-order chi connectivity index (χ0) is 13.2. The quantitative estimate of drug-likeness (QED) is 0.904. The molecule has 1 aromatic rings. The number of nitrogens with one attached hydrogen (secondary N) is 1. The van der Waals surface area contributed by atoms with Crippen molar-refractivity contribution in [2.75, 3.05) is 26.2 Å². The topological polar surface area (TPSA) is 39.3 Å². The summed E-state index contributed by atoms with van der Waals surface area (Å²) in [5.41, 5.74) is 0.604. The third-order valence-corrected chi connectivity index (χ3v) is 4.44. The fourth-order valence-corrected chi connectivity index (χ4v) is 3.37. The van der Waals surface area contributed by atoms with E-state index in [2.05, 4.69) is 9.88 Å². The van der Waals surface area contributed by atoms with Gasteiger partial charge in [-0.2, -0.15) is 0 Å². The minimum absolute atomic E-state index is 0.0794. The molecule has 19 heavy (non-hydrogen) atoms. The van der Waals surface area contributed by atoms with Crippen molar-refractivity contribution in [2.24, 2.45) is 0 Å². The van der Waals surface area contributed by atoms with Gasteiger partial charge < -0.3 is 9.88 Å². The molecule has 2 aliphatic rings. The second-order valence-electron chi connectivity index (χ2n) is 5.52. The SMILES string of the molecule is O=C(c1cc(Cl)c[nH]1)N1CCCC(N2CCCC2)C1. The van der Waals surface area contributed by atoms with Crippen molar-refractivity contribution in [1.82, 2.24) is 14.8 Å². The summed E-state index contributed by atoms with van der Waals surface area (Å²) in [6.07, 6.45) is 6.58. The smallest absolute Gasteiger partial charge is 0.270 e. The molecule has 2 fully saturated rings. The Hall–Kier alpha value is -1.00. The molecule has 0 bridgehead atoms. The van der Waals surface area contributed by atoms with E-state index in [4.69, 9.17) is 11.6 Å². The van der Waals surface area contributed by atoms with E-state index in [1.165, 1.54) is 32.4 Å². The van der Waals surface area contributed by atoms with E-state index in [-0.39, 0.29) is 5.91 Å². The van der Waals surface area contributed by atoms with Crippen molar-refractivity contribution >= 4 is 17.5 Å². The first-order valence-electron chi connectivity index (χ1n) is 7.11. The van der Waals surface area contributed by atoms with E-state index in [1.807, 2.05) is 4.90 Å². The number of piperidine rings is 1. The maximum atomic E-state index is 12.4. The van der Waals surface area contributed by atoms with Gasteiger partial charge in [-0.3, -0.25) is 9.69 Å². The molecule has 5 heteroatoms. The Morgan fingerprint density at radius 3 is 2.74 bits per heavy atom. The average molecular weight is 282 g/mol. The molecule has 1 unspecified atom stereocenters. The highest BCUT2D eigenvalue weighted by Gasteiger charge is 2.29. The number of amides is 1. The Bertz CT molecular complexity index is 453. The predicted molar refractivity (Wildman–Crippen MR) is 75.5 cm³/mol. The molecule has 0 spiro atoms. The lowest BCUT2D eigenvalue weighted by Gasteiger charge is -2.37. The number of carbonyl (C=O) groups excluding carboxylic acids is 1. The second-order valence-corrected chi connectivity index (χ2v) is 5.96. The largest absolute Gasteiger partial charge is 0.356 e. The summed E-state index contributed by atoms with van der Waals surface area (Å²) in [5, 5.41) is 0.594. The zero-order valence-electron chi connectivity index (χ0n) is 11.1. The average Bonchev–Trinajstić information content (AvgIpc) is 3.09. The van der Waals surface area contributed by atoms with Crippen LogP contribution >= 0.6 is 11.6 Å². The van der Waals surface area contributed by atoms with Gasteiger partial charge in [0.1, 0.15) is 5.69 Å². The van der Waals surface area contributed by atoms with E-state index in [1.54, 1.807) is 12.3 Å². The molecule has 2 saturated heterocycles. The molecular weight excluding hydrogens is 262 g/mol. The minimum Gasteiger partial charge on any atom is -0.356 e. The molecule has 1 N–H and O–H groups in total. The van der Waals surface area contributed by atoms with Crippen LogP contribution in [0.2, 0.25) is 5.02 Å². The summed E-state index contributed by atoms with van der Waals surface area (Å²) in [7, 11) is 0. The predicted octanol–water partition coefficient (Wildman–Crippen LogP) is 2.37. The molecule has 4 nitrogen and oxygen atoms in total. The highest BCUT2D eigenvalue weighted by atomic mass is 35.5. The normalized spacial score (nSPS) is 24.9. The van der Waals surface area contributed by atoms with Gasteiger partial charge in [0.25, 0.3) is 5.91 Å². The number of aromatic amines is 1. The molecule has 0 aromatic carbocycles. The van der Waals surface area contributed by atoms with Crippen LogP contribution in [0.4, 0.5) is 0 Å². The van der Waals surface area contributed by atoms with Gasteiger partial charge in [0.2, 0.25) is 0 Å². The van der Waals surface area contributed by atoms with Crippen molar-refractivity contribution in [3.8, 4) is 0 Å². The van der Waals surface area contributed by atoms with Gasteiger partial charge >= 0.3 is 0 Å². The summed E-state index contributed by atoms with van der Waals surface area (Å²) in [4.78, 5) is 19.9. The maximum absolute atomic E-state index is 12.4. The highest BCUT2D eigenvalue weighted by Crippen LogP contribution is 2.22. The molecular formula is C14H20ClN3O. The van der Waals surface area contributed by atoms with Gasteiger partial charge in [-0.05, 0) is 44.8 Å². The third kappa shape index (κ3) is 2.79. The standard InChI is InChI=1S/C14H20ClN3O/c15-11-8-13(16-9-11)14(19)18-7-3-4-12(10-18)17-5-1-2-6-17/h8-9,12,16H,1-7,10H2. The van der Waals surface area contributed by atoms with Gasteiger partial charge in [0.15, 0.2) is 0 Å². The van der Waals surface area contributed by atoms with Crippen LogP contribution < -0.4 is 0 Å². The second kappa shape index (κ2) is 5.55. The van der Waals surface area contributed by atoms with Gasteiger partial charge in [-0.15, -0.1) is 0 Å². The van der Waals surface area contributed by atoms with Gasteiger partial charge in [-0.25, -0.2) is 0 Å². The van der Waals surface area contributed by atoms with Crippen LogP contribution in [0.3, 0.4) is 0 Å². The number of aromatic nitrogens is 1. The van der Waals surface area contributed by atoms with Crippen LogP contribution in [0.25, 0.3) is 0 Å². The number of nitrogens with zero attached hydrogens (tertiary/aromatic N) is 2. The number of H-pyrrole nitrogens is 1. The summed E-state index contributed by atoms with van der Waals surface area (Å²) < 4.78 is 0. The third-order valence-electron chi connectivity index (χ3n) is 4.22. The number of rotatable bonds is 2. The summed E-state index contributed by atoms with van der Waals surface area (Å²) in [5.74, 6) is 0.0794. The Morgan fingerprint density at radius 2 is 2.05 bits per heavy atom. The molecule has 3 heterocycles. The van der Waals surface area contributed by atoms with E-state index >= 15 is 0 Å². The van der Waals surface area contributed by atoms with Crippen LogP contribution in [0.15, 0.2) is 12.3 Å². The van der Waals surface area contributed by atoms with Crippen molar-refractivity contribution in [3.05, 3.63) is 23.0 Å². The van der Waals surface area contributed by atoms with E-state index < -0.39 is 0 Å². The minimum atomic E-state index is 0.0794. The molecule has 1 aromatic heterocycles. The lowest BCUT2D eigenvalue weighted by atomic mass is 10.0. The lowest BCUT2D eigenvalue weighted by Crippen LogP contribution is -2.49. The van der Waals surface area contributed by atoms with Crippen LogP contribution in [0, 0.1) is 0 Å². The Morgan fingerprint density at radius 1 is 1.26 bits per heavy atom. The first kappa shape index (κ1) is 13.0. The Kier molecular flexibility index (Phi) is 3.80. The van der Waals surface area contributed by atoms with Crippen molar-refractivity contribution < 1.29 is 4.79 Å². The first-order valence-corrected chi connectivity index (χ1v) is 7.49. The monoisotopic (exact) mass is 281 g/mol. The van der Waals surface area contributed by atoms with Gasteiger partial charge in [0, 0.05) is 25.3 Å². The number of halogens is 1. The molecule has 1 atom stereocenters. The maximum Gasteiger partial charge on any atom is 0.270 e. The fraction of sp³-hybridized carbons (Fsp3) is 0.643. The highest BCUT2D eigenvalue weighted by molar-refractivity contribution is 6.30. The van der Waals surface area contributed by atoms with E-state index in [0.717, 1.165) is 19.5 Å². The molecule has 0 aliphatic carbocycles. The molecule has 2 aliphatic heterocycles. The number of hydrogen-bond donors (Lipinski definition) is 1. The van der Waals surface area contributed by atoms with Crippen LogP contribution in [-0.2, 0) is 0 Å². The molecule has 0 saturated carbocycles. The van der Waals surface area contributed by atoms with Crippen molar-refractivity contribution in [1.29, 1.82) is 0 Å². The first-order chi connectivity index (χ1) is 9.24. The Labute approximate surface area is 118 Å². The molecule has 104 valence electrons. The van der Waals surface area contributed by atoms with Crippen molar-refractivity contribution in [3.63, 3.8) is 0 Å². The Balaban J connectivity index is 1.65. The summed E-state index contributed by atoms with van der Waals surface area (Å²) in [6.45, 7) is 4.11. The van der Waals surface area contributed by atoms with Gasteiger partial charge in [-0.1, -0.05) is 11.6 Å². The fourth-order valence-electron chi connectivity index (χ4n) is 3.21. The number of likely N-dealkylation sites (tertiary alicyclic amines) is 2. The zero-order valence-corrected chi connectivity index (χ0v) is 11.8. The number of hydrogen-bond acceptors (Lipinski definition) is 2. The lowest BCUT2D eigenvalue weighted by molar-refractivity contribution is 0.0603. The summed E-state index contributed by atoms with van der Waals surface area (Å²) in [6, 6.07) is 2.26.